The van der Waals surface area contributed by atoms with Crippen LogP contribution in [0.3, 0.4) is 0 Å². The molecule has 0 unspecified atom stereocenters. The van der Waals surface area contributed by atoms with Gasteiger partial charge in [0.05, 0.1) is 6.33 Å². The number of imidazole rings is 1. The van der Waals surface area contributed by atoms with E-state index in [-0.39, 0.29) is 0 Å². The Morgan fingerprint density at radius 2 is 2.13 bits per heavy atom. The summed E-state index contributed by atoms with van der Waals surface area (Å²) in [5.41, 5.74) is 5.29. The molecule has 1 aromatic carbocycles. The standard InChI is InChI=1S/C16H13ClN6/c17-9-1-2-12-10(5-9)11-6-23(4-3-13(11)22-12)16-14-15(19-7-18-14)20-8-21-16/h1-2,5,7-8,22H,3-4,6H2,(H,18,19,20,21). The highest BCUT2D eigenvalue weighted by Gasteiger charge is 2.23. The predicted molar refractivity (Wildman–Crippen MR) is 89.7 cm³/mol. The molecule has 0 radical (unpaired) electrons. The lowest BCUT2D eigenvalue weighted by atomic mass is 10.0. The molecule has 1 aliphatic rings. The molecular weight excluding hydrogens is 312 g/mol. The van der Waals surface area contributed by atoms with Crippen LogP contribution in [0.4, 0.5) is 5.82 Å². The Morgan fingerprint density at radius 1 is 1.17 bits per heavy atom. The summed E-state index contributed by atoms with van der Waals surface area (Å²) < 4.78 is 0. The highest BCUT2D eigenvalue weighted by molar-refractivity contribution is 6.31. The minimum absolute atomic E-state index is 0.697. The molecule has 0 saturated carbocycles. The molecule has 0 atom stereocenters. The Bertz CT molecular complexity index is 1030. The first-order chi connectivity index (χ1) is 11.3. The third-order valence-corrected chi connectivity index (χ3v) is 4.67. The molecule has 114 valence electrons. The number of nitrogens with zero attached hydrogens (tertiary/aromatic N) is 4. The maximum Gasteiger partial charge on any atom is 0.182 e. The molecule has 4 aromatic rings. The first kappa shape index (κ1) is 12.9. The van der Waals surface area contributed by atoms with Crippen LogP contribution in [0.25, 0.3) is 22.1 Å². The van der Waals surface area contributed by atoms with Gasteiger partial charge >= 0.3 is 0 Å². The molecule has 0 aliphatic carbocycles. The van der Waals surface area contributed by atoms with E-state index in [1.807, 2.05) is 18.2 Å². The van der Waals surface area contributed by atoms with Crippen molar-refractivity contribution in [2.45, 2.75) is 13.0 Å². The lowest BCUT2D eigenvalue weighted by molar-refractivity contribution is 0.717. The molecule has 6 nitrogen and oxygen atoms in total. The number of hydrogen-bond donors (Lipinski definition) is 2. The molecule has 1 aliphatic heterocycles. The number of benzene rings is 1. The second kappa shape index (κ2) is 4.70. The van der Waals surface area contributed by atoms with Gasteiger partial charge in [0, 0.05) is 46.7 Å². The molecule has 0 amide bonds. The van der Waals surface area contributed by atoms with Gasteiger partial charge in [0.15, 0.2) is 11.5 Å². The second-order valence-corrected chi connectivity index (χ2v) is 6.18. The number of aromatic nitrogens is 5. The van der Waals surface area contributed by atoms with Gasteiger partial charge in [-0.1, -0.05) is 11.6 Å². The summed E-state index contributed by atoms with van der Waals surface area (Å²) >= 11 is 6.17. The molecule has 23 heavy (non-hydrogen) atoms. The van der Waals surface area contributed by atoms with E-state index in [0.29, 0.717) is 5.65 Å². The van der Waals surface area contributed by atoms with Crippen molar-refractivity contribution in [3.63, 3.8) is 0 Å². The average molecular weight is 325 g/mol. The van der Waals surface area contributed by atoms with Crippen LogP contribution in [0.2, 0.25) is 5.02 Å². The van der Waals surface area contributed by atoms with E-state index in [0.717, 1.165) is 41.4 Å². The van der Waals surface area contributed by atoms with E-state index in [1.54, 1.807) is 12.7 Å². The van der Waals surface area contributed by atoms with E-state index in [9.17, 15) is 0 Å². The number of H-pyrrole nitrogens is 2. The molecule has 5 rings (SSSR count). The Morgan fingerprint density at radius 3 is 3.09 bits per heavy atom. The van der Waals surface area contributed by atoms with Crippen molar-refractivity contribution in [3.05, 3.63) is 47.1 Å². The van der Waals surface area contributed by atoms with E-state index in [2.05, 4.69) is 29.8 Å². The molecule has 0 bridgehead atoms. The summed E-state index contributed by atoms with van der Waals surface area (Å²) in [5.74, 6) is 0.898. The summed E-state index contributed by atoms with van der Waals surface area (Å²) in [6.45, 7) is 1.69. The largest absolute Gasteiger partial charge is 0.358 e. The van der Waals surface area contributed by atoms with Crippen molar-refractivity contribution in [3.8, 4) is 0 Å². The van der Waals surface area contributed by atoms with Gasteiger partial charge in [-0.2, -0.15) is 0 Å². The van der Waals surface area contributed by atoms with Gasteiger partial charge in [-0.3, -0.25) is 0 Å². The van der Waals surface area contributed by atoms with E-state index >= 15 is 0 Å². The third kappa shape index (κ3) is 1.91. The molecular formula is C16H13ClN6. The summed E-state index contributed by atoms with van der Waals surface area (Å²) in [5, 5.41) is 1.95. The van der Waals surface area contributed by atoms with E-state index in [1.165, 1.54) is 16.6 Å². The number of nitrogens with one attached hydrogen (secondary N) is 2. The van der Waals surface area contributed by atoms with Gasteiger partial charge in [0.2, 0.25) is 0 Å². The topological polar surface area (TPSA) is 73.5 Å². The van der Waals surface area contributed by atoms with Gasteiger partial charge in [-0.05, 0) is 18.2 Å². The Labute approximate surface area is 136 Å². The van der Waals surface area contributed by atoms with Gasteiger partial charge < -0.3 is 14.9 Å². The molecule has 3 aromatic heterocycles. The van der Waals surface area contributed by atoms with E-state index < -0.39 is 0 Å². The van der Waals surface area contributed by atoms with Crippen LogP contribution in [-0.4, -0.2) is 31.5 Å². The molecule has 0 spiro atoms. The molecule has 0 fully saturated rings. The Balaban J connectivity index is 1.63. The zero-order valence-electron chi connectivity index (χ0n) is 12.2. The lowest BCUT2D eigenvalue weighted by Crippen LogP contribution is -2.31. The number of rotatable bonds is 1. The zero-order chi connectivity index (χ0) is 15.4. The number of aromatic amines is 2. The van der Waals surface area contributed by atoms with Crippen molar-refractivity contribution < 1.29 is 0 Å². The third-order valence-electron chi connectivity index (χ3n) is 4.44. The maximum atomic E-state index is 6.17. The average Bonchev–Trinajstić information content (AvgIpc) is 3.18. The van der Waals surface area contributed by atoms with Crippen LogP contribution < -0.4 is 4.90 Å². The fourth-order valence-corrected chi connectivity index (χ4v) is 3.53. The maximum absolute atomic E-state index is 6.17. The zero-order valence-corrected chi connectivity index (χ0v) is 12.9. The van der Waals surface area contributed by atoms with Crippen LogP contribution >= 0.6 is 11.6 Å². The molecule has 2 N–H and O–H groups in total. The predicted octanol–water partition coefficient (Wildman–Crippen LogP) is 3.05. The molecule has 7 heteroatoms. The fourth-order valence-electron chi connectivity index (χ4n) is 3.36. The van der Waals surface area contributed by atoms with Crippen LogP contribution in [0, 0.1) is 0 Å². The minimum atomic E-state index is 0.697. The summed E-state index contributed by atoms with van der Waals surface area (Å²) in [6.07, 6.45) is 4.17. The van der Waals surface area contributed by atoms with Crippen molar-refractivity contribution in [2.24, 2.45) is 0 Å². The minimum Gasteiger partial charge on any atom is -0.358 e. The molecule has 4 heterocycles. The van der Waals surface area contributed by atoms with Crippen molar-refractivity contribution in [1.82, 2.24) is 24.9 Å². The number of fused-ring (bicyclic) bond motifs is 4. The number of anilines is 1. The van der Waals surface area contributed by atoms with Crippen LogP contribution in [0.5, 0.6) is 0 Å². The Hall–Kier alpha value is -2.60. The quantitative estimate of drug-likeness (QED) is 0.564. The van der Waals surface area contributed by atoms with Gasteiger partial charge in [0.1, 0.15) is 11.8 Å². The van der Waals surface area contributed by atoms with Gasteiger partial charge in [-0.25, -0.2) is 15.0 Å². The van der Waals surface area contributed by atoms with Gasteiger partial charge in [-0.15, -0.1) is 0 Å². The van der Waals surface area contributed by atoms with Crippen LogP contribution in [0.1, 0.15) is 11.3 Å². The van der Waals surface area contributed by atoms with Crippen molar-refractivity contribution in [2.75, 3.05) is 11.4 Å². The normalized spacial score (nSPS) is 14.6. The lowest BCUT2D eigenvalue weighted by Gasteiger charge is -2.28. The van der Waals surface area contributed by atoms with Gasteiger partial charge in [0.25, 0.3) is 0 Å². The van der Waals surface area contributed by atoms with Crippen LogP contribution in [-0.2, 0) is 13.0 Å². The van der Waals surface area contributed by atoms with Crippen LogP contribution in [0.15, 0.2) is 30.9 Å². The second-order valence-electron chi connectivity index (χ2n) is 5.74. The SMILES string of the molecule is Clc1ccc2[nH]c3c(c2c1)CN(c1ncnc2nc[nH]c12)CC3. The smallest absolute Gasteiger partial charge is 0.182 e. The summed E-state index contributed by atoms with van der Waals surface area (Å²) in [6, 6.07) is 5.99. The Kier molecular flexibility index (Phi) is 2.63. The summed E-state index contributed by atoms with van der Waals surface area (Å²) in [7, 11) is 0. The summed E-state index contributed by atoms with van der Waals surface area (Å²) in [4.78, 5) is 21.8. The van der Waals surface area contributed by atoms with E-state index in [4.69, 9.17) is 11.6 Å². The molecule has 0 saturated heterocycles. The first-order valence-corrected chi connectivity index (χ1v) is 7.85. The van der Waals surface area contributed by atoms with Crippen molar-refractivity contribution in [1.29, 1.82) is 0 Å². The van der Waals surface area contributed by atoms with Crippen molar-refractivity contribution >= 4 is 39.5 Å². The highest BCUT2D eigenvalue weighted by Crippen LogP contribution is 2.32. The number of hydrogen-bond acceptors (Lipinski definition) is 4. The highest BCUT2D eigenvalue weighted by atomic mass is 35.5. The fraction of sp³-hybridized carbons (Fsp3) is 0.188. The number of halogens is 1. The monoisotopic (exact) mass is 324 g/mol. The first-order valence-electron chi connectivity index (χ1n) is 7.47.